The first-order valence-electron chi connectivity index (χ1n) is 6.90. The number of nitrogens with zero attached hydrogens (tertiary/aromatic N) is 2. The Kier molecular flexibility index (Phi) is 3.29. The van der Waals surface area contributed by atoms with Crippen molar-refractivity contribution in [2.75, 3.05) is 4.90 Å². The van der Waals surface area contributed by atoms with Gasteiger partial charge < -0.3 is 0 Å². The molecule has 0 spiro atoms. The molecule has 6 heteroatoms. The van der Waals surface area contributed by atoms with Crippen LogP contribution in [0.2, 0.25) is 0 Å². The first-order chi connectivity index (χ1) is 10.1. The minimum absolute atomic E-state index is 0.128. The first-order valence-corrected chi connectivity index (χ1v) is 6.90. The normalized spacial score (nSPS) is 18.8. The minimum Gasteiger partial charge on any atom is -0.274 e. The van der Waals surface area contributed by atoms with E-state index in [1.165, 1.54) is 18.2 Å². The monoisotopic (exact) mass is 286 g/mol. The van der Waals surface area contributed by atoms with E-state index in [0.717, 1.165) is 29.7 Å². The molecule has 0 saturated heterocycles. The van der Waals surface area contributed by atoms with Gasteiger partial charge in [-0.05, 0) is 31.7 Å². The maximum Gasteiger partial charge on any atom is 0.271 e. The Morgan fingerprint density at radius 1 is 1.14 bits per heavy atom. The zero-order chi connectivity index (χ0) is 15.0. The third-order valence-corrected chi connectivity index (χ3v) is 3.96. The average Bonchev–Trinajstić information content (AvgIpc) is 2.47. The molecule has 0 radical (unpaired) electrons. The quantitative estimate of drug-likeness (QED) is 0.475. The molecule has 0 atom stereocenters. The van der Waals surface area contributed by atoms with E-state index < -0.39 is 4.92 Å². The Morgan fingerprint density at radius 3 is 2.67 bits per heavy atom. The lowest BCUT2D eigenvalue weighted by Crippen LogP contribution is -2.42. The van der Waals surface area contributed by atoms with Gasteiger partial charge in [-0.25, -0.2) is 4.90 Å². The van der Waals surface area contributed by atoms with Gasteiger partial charge in [-0.15, -0.1) is 0 Å². The van der Waals surface area contributed by atoms with Crippen LogP contribution in [0.3, 0.4) is 0 Å². The number of nitro groups is 1. The van der Waals surface area contributed by atoms with Crippen LogP contribution in [-0.4, -0.2) is 16.7 Å². The van der Waals surface area contributed by atoms with Gasteiger partial charge >= 0.3 is 0 Å². The summed E-state index contributed by atoms with van der Waals surface area (Å²) in [4.78, 5) is 36.2. The first kappa shape index (κ1) is 13.5. The van der Waals surface area contributed by atoms with Crippen LogP contribution in [0.4, 0.5) is 11.4 Å². The molecule has 21 heavy (non-hydrogen) atoms. The largest absolute Gasteiger partial charge is 0.274 e. The molecule has 0 saturated carbocycles. The SMILES string of the molecule is O=C1CC2=C(CCCC2)C(=O)N1c1cccc([N+](=O)[O-])c1. The van der Waals surface area contributed by atoms with Crippen LogP contribution in [0, 0.1) is 10.1 Å². The number of non-ortho nitro benzene ring substituents is 1. The summed E-state index contributed by atoms with van der Waals surface area (Å²) in [7, 11) is 0. The Bertz CT molecular complexity index is 678. The van der Waals surface area contributed by atoms with E-state index in [2.05, 4.69) is 0 Å². The highest BCUT2D eigenvalue weighted by Crippen LogP contribution is 2.35. The van der Waals surface area contributed by atoms with Crippen molar-refractivity contribution < 1.29 is 14.5 Å². The van der Waals surface area contributed by atoms with Crippen LogP contribution in [0.5, 0.6) is 0 Å². The van der Waals surface area contributed by atoms with Gasteiger partial charge in [0.1, 0.15) is 0 Å². The number of imide groups is 1. The molecule has 0 N–H and O–H groups in total. The lowest BCUT2D eigenvalue weighted by atomic mass is 9.86. The number of benzene rings is 1. The third kappa shape index (κ3) is 2.33. The Labute approximate surface area is 121 Å². The van der Waals surface area contributed by atoms with E-state index in [1.54, 1.807) is 6.07 Å². The number of nitro benzene ring substituents is 1. The summed E-state index contributed by atoms with van der Waals surface area (Å²) in [6, 6.07) is 5.65. The van der Waals surface area contributed by atoms with Gasteiger partial charge in [0.2, 0.25) is 5.91 Å². The Morgan fingerprint density at radius 2 is 1.90 bits per heavy atom. The van der Waals surface area contributed by atoms with Gasteiger partial charge in [-0.1, -0.05) is 11.6 Å². The molecule has 6 nitrogen and oxygen atoms in total. The molecule has 1 aliphatic heterocycles. The van der Waals surface area contributed by atoms with Crippen LogP contribution in [0.15, 0.2) is 35.4 Å². The highest BCUT2D eigenvalue weighted by atomic mass is 16.6. The van der Waals surface area contributed by atoms with E-state index in [4.69, 9.17) is 0 Å². The zero-order valence-corrected chi connectivity index (χ0v) is 11.4. The second-order valence-corrected chi connectivity index (χ2v) is 5.28. The molecule has 1 aromatic rings. The standard InChI is InChI=1S/C15H14N2O4/c18-14-8-10-4-1-2-7-13(10)15(19)16(14)11-5-3-6-12(9-11)17(20)21/h3,5-6,9H,1-2,4,7-8H2. The Balaban J connectivity index is 2.01. The van der Waals surface area contributed by atoms with Crippen molar-refractivity contribution in [2.24, 2.45) is 0 Å². The number of hydrogen-bond acceptors (Lipinski definition) is 4. The van der Waals surface area contributed by atoms with Crippen LogP contribution in [-0.2, 0) is 9.59 Å². The topological polar surface area (TPSA) is 80.5 Å². The van der Waals surface area contributed by atoms with Crippen molar-refractivity contribution in [3.8, 4) is 0 Å². The maximum absolute atomic E-state index is 12.5. The fourth-order valence-corrected chi connectivity index (χ4v) is 2.94. The molecular weight excluding hydrogens is 272 g/mol. The van der Waals surface area contributed by atoms with Crippen molar-refractivity contribution in [2.45, 2.75) is 32.1 Å². The second-order valence-electron chi connectivity index (χ2n) is 5.28. The summed E-state index contributed by atoms with van der Waals surface area (Å²) in [6.45, 7) is 0. The van der Waals surface area contributed by atoms with Crippen LogP contribution >= 0.6 is 0 Å². The van der Waals surface area contributed by atoms with Crippen molar-refractivity contribution in [1.29, 1.82) is 0 Å². The number of hydrogen-bond donors (Lipinski definition) is 0. The minimum atomic E-state index is -0.534. The molecule has 108 valence electrons. The number of amides is 2. The van der Waals surface area contributed by atoms with Gasteiger partial charge in [0.25, 0.3) is 11.6 Å². The fourth-order valence-electron chi connectivity index (χ4n) is 2.94. The average molecular weight is 286 g/mol. The second kappa shape index (κ2) is 5.12. The van der Waals surface area contributed by atoms with E-state index >= 15 is 0 Å². The van der Waals surface area contributed by atoms with E-state index in [9.17, 15) is 19.7 Å². The van der Waals surface area contributed by atoms with E-state index in [-0.39, 0.29) is 29.6 Å². The summed E-state index contributed by atoms with van der Waals surface area (Å²) in [5, 5.41) is 10.8. The molecule has 2 aliphatic rings. The summed E-state index contributed by atoms with van der Waals surface area (Å²) in [5.74, 6) is -0.623. The van der Waals surface area contributed by atoms with Crippen LogP contribution in [0.25, 0.3) is 0 Å². The molecule has 0 fully saturated rings. The predicted octanol–water partition coefficient (Wildman–Crippen LogP) is 2.73. The molecule has 1 heterocycles. The van der Waals surface area contributed by atoms with Gasteiger partial charge in [-0.3, -0.25) is 19.7 Å². The van der Waals surface area contributed by atoms with Crippen LogP contribution in [0.1, 0.15) is 32.1 Å². The van der Waals surface area contributed by atoms with Crippen molar-refractivity contribution in [3.05, 3.63) is 45.5 Å². The van der Waals surface area contributed by atoms with Crippen molar-refractivity contribution in [3.63, 3.8) is 0 Å². The molecule has 1 aliphatic carbocycles. The van der Waals surface area contributed by atoms with Gasteiger partial charge in [-0.2, -0.15) is 0 Å². The maximum atomic E-state index is 12.5. The molecule has 2 amide bonds. The van der Waals surface area contributed by atoms with Crippen LogP contribution < -0.4 is 4.90 Å². The molecular formula is C15H14N2O4. The fraction of sp³-hybridized carbons (Fsp3) is 0.333. The molecule has 3 rings (SSSR count). The predicted molar refractivity (Wildman–Crippen MR) is 75.7 cm³/mol. The summed E-state index contributed by atoms with van der Waals surface area (Å²) in [6.07, 6.45) is 3.68. The van der Waals surface area contributed by atoms with E-state index in [1.807, 2.05) is 0 Å². The van der Waals surface area contributed by atoms with Crippen molar-refractivity contribution in [1.82, 2.24) is 0 Å². The highest BCUT2D eigenvalue weighted by Gasteiger charge is 2.35. The highest BCUT2D eigenvalue weighted by molar-refractivity contribution is 6.24. The van der Waals surface area contributed by atoms with Gasteiger partial charge in [0.15, 0.2) is 0 Å². The summed E-state index contributed by atoms with van der Waals surface area (Å²) < 4.78 is 0. The molecule has 1 aromatic carbocycles. The molecule has 0 aromatic heterocycles. The molecule has 0 unspecified atom stereocenters. The third-order valence-electron chi connectivity index (χ3n) is 3.96. The smallest absolute Gasteiger partial charge is 0.271 e. The van der Waals surface area contributed by atoms with Crippen molar-refractivity contribution >= 4 is 23.2 Å². The van der Waals surface area contributed by atoms with Gasteiger partial charge in [0.05, 0.1) is 10.6 Å². The summed E-state index contributed by atoms with van der Waals surface area (Å²) >= 11 is 0. The Hall–Kier alpha value is -2.50. The zero-order valence-electron chi connectivity index (χ0n) is 11.4. The lowest BCUT2D eigenvalue weighted by Gasteiger charge is -2.31. The number of carbonyl (C=O) groups excluding carboxylic acids is 2. The summed E-state index contributed by atoms with van der Waals surface area (Å²) in [5.41, 5.74) is 1.80. The number of anilines is 1. The number of rotatable bonds is 2. The molecule has 0 bridgehead atoms. The van der Waals surface area contributed by atoms with E-state index in [0.29, 0.717) is 12.0 Å². The lowest BCUT2D eigenvalue weighted by molar-refractivity contribution is -0.384. The number of carbonyl (C=O) groups is 2. The van der Waals surface area contributed by atoms with Gasteiger partial charge in [0, 0.05) is 24.1 Å².